The van der Waals surface area contributed by atoms with Gasteiger partial charge in [0.2, 0.25) is 0 Å². The Morgan fingerprint density at radius 3 is 2.53 bits per heavy atom. The van der Waals surface area contributed by atoms with Crippen molar-refractivity contribution in [2.45, 2.75) is 56.8 Å². The fraction of sp³-hybridized carbons (Fsp3) is 0.462. The normalized spacial score (nSPS) is 25.9. The maximum atomic E-state index is 6.19. The second-order valence-electron chi connectivity index (χ2n) is 8.50. The molecule has 4 atom stereocenters. The maximum Gasteiger partial charge on any atom is 0.127 e. The molecular weight excluding hydrogens is 376 g/mol. The van der Waals surface area contributed by atoms with E-state index in [4.69, 9.17) is 18.9 Å². The minimum atomic E-state index is 0.161. The van der Waals surface area contributed by atoms with E-state index < -0.39 is 0 Å². The van der Waals surface area contributed by atoms with Gasteiger partial charge in [0.25, 0.3) is 0 Å². The zero-order chi connectivity index (χ0) is 20.3. The number of hydrogen-bond donors (Lipinski definition) is 0. The summed E-state index contributed by atoms with van der Waals surface area (Å²) in [5, 5.41) is 0. The standard InChI is InChI=1S/C26H30O4/c1-2-25(26-17-29-26)30-23-5-3-4-21(14-23)20-8-6-18(7-9-20)19-10-12-22(13-11-19)27-15-24-16-28-24/h3-5,8,10-14,18,24-26H,2,6-7,9,15-17H2,1H3. The van der Waals surface area contributed by atoms with Gasteiger partial charge in [0.05, 0.1) is 13.2 Å². The molecular formula is C26H30O4. The Balaban J connectivity index is 1.20. The van der Waals surface area contributed by atoms with Crippen LogP contribution >= 0.6 is 0 Å². The summed E-state index contributed by atoms with van der Waals surface area (Å²) < 4.78 is 22.6. The molecule has 2 saturated heterocycles. The van der Waals surface area contributed by atoms with Crippen LogP contribution in [0.25, 0.3) is 5.57 Å². The first kappa shape index (κ1) is 19.7. The van der Waals surface area contributed by atoms with Crippen LogP contribution in [-0.2, 0) is 9.47 Å². The van der Waals surface area contributed by atoms with Gasteiger partial charge >= 0.3 is 0 Å². The monoisotopic (exact) mass is 406 g/mol. The van der Waals surface area contributed by atoms with Crippen LogP contribution in [0.3, 0.4) is 0 Å². The Morgan fingerprint density at radius 1 is 1.03 bits per heavy atom. The third kappa shape index (κ3) is 4.88. The molecule has 2 fully saturated rings. The predicted octanol–water partition coefficient (Wildman–Crippen LogP) is 5.37. The van der Waals surface area contributed by atoms with Crippen molar-refractivity contribution in [3.05, 3.63) is 65.7 Å². The number of benzene rings is 2. The number of rotatable bonds is 9. The molecule has 4 unspecified atom stereocenters. The van der Waals surface area contributed by atoms with Crippen molar-refractivity contribution >= 4 is 5.57 Å². The van der Waals surface area contributed by atoms with Gasteiger partial charge in [-0.15, -0.1) is 0 Å². The van der Waals surface area contributed by atoms with Gasteiger partial charge in [-0.2, -0.15) is 0 Å². The largest absolute Gasteiger partial charge is 0.491 e. The van der Waals surface area contributed by atoms with Crippen molar-refractivity contribution in [1.29, 1.82) is 0 Å². The smallest absolute Gasteiger partial charge is 0.127 e. The molecule has 0 saturated carbocycles. The molecule has 0 bridgehead atoms. The first-order valence-electron chi connectivity index (χ1n) is 11.2. The van der Waals surface area contributed by atoms with E-state index in [1.54, 1.807) is 0 Å². The Kier molecular flexibility index (Phi) is 5.78. The molecule has 2 heterocycles. The van der Waals surface area contributed by atoms with Gasteiger partial charge in [0.15, 0.2) is 0 Å². The summed E-state index contributed by atoms with van der Waals surface area (Å²) in [4.78, 5) is 0. The highest BCUT2D eigenvalue weighted by Crippen LogP contribution is 2.37. The lowest BCUT2D eigenvalue weighted by Crippen LogP contribution is -2.22. The number of allylic oxidation sites excluding steroid dienone is 2. The first-order chi connectivity index (χ1) is 14.8. The number of epoxide rings is 2. The summed E-state index contributed by atoms with van der Waals surface area (Å²) >= 11 is 0. The third-order valence-corrected chi connectivity index (χ3v) is 6.27. The van der Waals surface area contributed by atoms with E-state index in [1.165, 1.54) is 23.1 Å². The van der Waals surface area contributed by atoms with Crippen molar-refractivity contribution < 1.29 is 18.9 Å². The molecule has 5 rings (SSSR count). The van der Waals surface area contributed by atoms with Crippen LogP contribution in [0, 0.1) is 0 Å². The molecule has 0 spiro atoms. The predicted molar refractivity (Wildman–Crippen MR) is 117 cm³/mol. The van der Waals surface area contributed by atoms with Crippen molar-refractivity contribution in [2.24, 2.45) is 0 Å². The average molecular weight is 407 g/mol. The van der Waals surface area contributed by atoms with Crippen molar-refractivity contribution in [3.8, 4) is 11.5 Å². The third-order valence-electron chi connectivity index (χ3n) is 6.27. The lowest BCUT2D eigenvalue weighted by Gasteiger charge is -2.23. The molecule has 2 aliphatic heterocycles. The summed E-state index contributed by atoms with van der Waals surface area (Å²) in [6.07, 6.45) is 7.44. The van der Waals surface area contributed by atoms with Gasteiger partial charge in [0, 0.05) is 0 Å². The van der Waals surface area contributed by atoms with E-state index in [-0.39, 0.29) is 12.2 Å². The zero-order valence-corrected chi connectivity index (χ0v) is 17.6. The molecule has 4 heteroatoms. The molecule has 1 aliphatic carbocycles. The second kappa shape index (κ2) is 8.83. The van der Waals surface area contributed by atoms with E-state index in [0.29, 0.717) is 18.6 Å². The van der Waals surface area contributed by atoms with Gasteiger partial charge in [-0.05, 0) is 72.6 Å². The van der Waals surface area contributed by atoms with Crippen LogP contribution in [0.15, 0.2) is 54.6 Å². The molecule has 0 aromatic heterocycles. The highest BCUT2D eigenvalue weighted by atomic mass is 16.6. The topological polar surface area (TPSA) is 43.5 Å². The SMILES string of the molecule is CCC(Oc1cccc(C2=CCC(c3ccc(OCC4CO4)cc3)CC2)c1)C1CO1. The molecule has 158 valence electrons. The highest BCUT2D eigenvalue weighted by molar-refractivity contribution is 5.67. The summed E-state index contributed by atoms with van der Waals surface area (Å²) in [6.45, 7) is 4.47. The van der Waals surface area contributed by atoms with Gasteiger partial charge < -0.3 is 18.9 Å². The van der Waals surface area contributed by atoms with Crippen molar-refractivity contribution in [3.63, 3.8) is 0 Å². The van der Waals surface area contributed by atoms with E-state index >= 15 is 0 Å². The van der Waals surface area contributed by atoms with Gasteiger partial charge in [0.1, 0.15) is 36.4 Å². The van der Waals surface area contributed by atoms with Crippen LogP contribution in [0.5, 0.6) is 11.5 Å². The van der Waals surface area contributed by atoms with E-state index in [1.807, 2.05) is 0 Å². The van der Waals surface area contributed by atoms with Crippen LogP contribution in [0.1, 0.15) is 49.7 Å². The van der Waals surface area contributed by atoms with Gasteiger partial charge in [-0.25, -0.2) is 0 Å². The van der Waals surface area contributed by atoms with E-state index in [9.17, 15) is 0 Å². The molecule has 30 heavy (non-hydrogen) atoms. The van der Waals surface area contributed by atoms with Crippen LogP contribution in [0.2, 0.25) is 0 Å². The Labute approximate surface area is 178 Å². The molecule has 2 aromatic carbocycles. The van der Waals surface area contributed by atoms with Crippen molar-refractivity contribution in [1.82, 2.24) is 0 Å². The molecule has 4 nitrogen and oxygen atoms in total. The number of ether oxygens (including phenoxy) is 4. The molecule has 0 N–H and O–H groups in total. The summed E-state index contributed by atoms with van der Waals surface area (Å²) in [6, 6.07) is 17.1. The van der Waals surface area contributed by atoms with Crippen LogP contribution < -0.4 is 9.47 Å². The second-order valence-corrected chi connectivity index (χ2v) is 8.50. The lowest BCUT2D eigenvalue weighted by atomic mass is 9.82. The molecule has 3 aliphatic rings. The molecule has 0 radical (unpaired) electrons. The Bertz CT molecular complexity index is 880. The summed E-state index contributed by atoms with van der Waals surface area (Å²) in [5.41, 5.74) is 4.10. The average Bonchev–Trinajstić information content (AvgIpc) is 3.71. The quantitative estimate of drug-likeness (QED) is 0.525. The number of hydrogen-bond acceptors (Lipinski definition) is 4. The minimum absolute atomic E-state index is 0.161. The molecule has 2 aromatic rings. The fourth-order valence-corrected chi connectivity index (χ4v) is 4.23. The zero-order valence-electron chi connectivity index (χ0n) is 17.6. The highest BCUT2D eigenvalue weighted by Gasteiger charge is 2.33. The minimum Gasteiger partial charge on any atom is -0.491 e. The lowest BCUT2D eigenvalue weighted by molar-refractivity contribution is 0.155. The van der Waals surface area contributed by atoms with Crippen LogP contribution in [0.4, 0.5) is 0 Å². The first-order valence-corrected chi connectivity index (χ1v) is 11.2. The fourth-order valence-electron chi connectivity index (χ4n) is 4.23. The van der Waals surface area contributed by atoms with E-state index in [0.717, 1.165) is 44.0 Å². The summed E-state index contributed by atoms with van der Waals surface area (Å²) in [7, 11) is 0. The molecule has 0 amide bonds. The van der Waals surface area contributed by atoms with Crippen LogP contribution in [-0.4, -0.2) is 38.1 Å². The maximum absolute atomic E-state index is 6.19. The summed E-state index contributed by atoms with van der Waals surface area (Å²) in [5.74, 6) is 2.45. The Morgan fingerprint density at radius 2 is 1.87 bits per heavy atom. The van der Waals surface area contributed by atoms with Gasteiger partial charge in [-0.3, -0.25) is 0 Å². The Hall–Kier alpha value is -2.30. The van der Waals surface area contributed by atoms with Gasteiger partial charge in [-0.1, -0.05) is 37.3 Å². The van der Waals surface area contributed by atoms with Crippen molar-refractivity contribution in [2.75, 3.05) is 19.8 Å². The van der Waals surface area contributed by atoms with E-state index in [2.05, 4.69) is 61.5 Å².